The number of ketones is 1. The van der Waals surface area contributed by atoms with Crippen LogP contribution in [0, 0.1) is 0 Å². The van der Waals surface area contributed by atoms with Crippen LogP contribution in [0.3, 0.4) is 0 Å². The summed E-state index contributed by atoms with van der Waals surface area (Å²) in [5.74, 6) is -1.69. The quantitative estimate of drug-likeness (QED) is 0.886. The minimum Gasteiger partial charge on any atom is -0.501 e. The van der Waals surface area contributed by atoms with Crippen molar-refractivity contribution in [3.8, 4) is 0 Å². The summed E-state index contributed by atoms with van der Waals surface area (Å²) in [4.78, 5) is 12.4. The third-order valence-corrected chi connectivity index (χ3v) is 5.91. The van der Waals surface area contributed by atoms with Crippen molar-refractivity contribution < 1.29 is 23.1 Å². The molecule has 0 radical (unpaired) electrons. The Morgan fingerprint density at radius 1 is 1.41 bits per heavy atom. The van der Waals surface area contributed by atoms with Gasteiger partial charge in [0.2, 0.25) is 15.8 Å². The van der Waals surface area contributed by atoms with E-state index < -0.39 is 27.2 Å². The fourth-order valence-corrected chi connectivity index (χ4v) is 4.31. The van der Waals surface area contributed by atoms with Gasteiger partial charge in [0.25, 0.3) is 11.7 Å². The van der Waals surface area contributed by atoms with Crippen molar-refractivity contribution in [3.05, 3.63) is 46.5 Å². The summed E-state index contributed by atoms with van der Waals surface area (Å²) in [6, 6.07) is 6.49. The van der Waals surface area contributed by atoms with Crippen LogP contribution in [0.25, 0.3) is 0 Å². The van der Waals surface area contributed by atoms with E-state index in [0.29, 0.717) is 17.0 Å². The SMILES string of the molecule is CC1(c2cccc(Cl)c2)OC(N2CCCS2(=O)=O)=C(O)C1=O. The average molecular weight is 344 g/mol. The van der Waals surface area contributed by atoms with Gasteiger partial charge in [-0.15, -0.1) is 0 Å². The standard InChI is InChI=1S/C14H14ClNO5S/c1-14(9-4-2-5-10(15)8-9)12(18)11(17)13(21-14)16-6-3-7-22(16,19)20/h2,4-5,8,17H,3,6-7H2,1H3. The third-order valence-electron chi connectivity index (χ3n) is 3.85. The zero-order valence-corrected chi connectivity index (χ0v) is 13.3. The number of Topliss-reactive ketones (excluding diaryl/α,β-unsaturated/α-hetero) is 1. The second kappa shape index (κ2) is 4.89. The van der Waals surface area contributed by atoms with Gasteiger partial charge in [-0.3, -0.25) is 4.79 Å². The Labute approximate surface area is 133 Å². The lowest BCUT2D eigenvalue weighted by atomic mass is 9.92. The molecule has 1 aromatic carbocycles. The summed E-state index contributed by atoms with van der Waals surface area (Å²) >= 11 is 5.93. The maximum Gasteiger partial charge on any atom is 0.252 e. The Morgan fingerprint density at radius 2 is 2.14 bits per heavy atom. The van der Waals surface area contributed by atoms with E-state index >= 15 is 0 Å². The Kier molecular flexibility index (Phi) is 3.37. The predicted octanol–water partition coefficient (Wildman–Crippen LogP) is 1.92. The van der Waals surface area contributed by atoms with E-state index in [1.165, 1.54) is 6.92 Å². The first kappa shape index (κ1) is 15.2. The number of benzene rings is 1. The molecule has 2 heterocycles. The van der Waals surface area contributed by atoms with Gasteiger partial charge in [0, 0.05) is 17.1 Å². The fourth-order valence-electron chi connectivity index (χ4n) is 2.62. The highest BCUT2D eigenvalue weighted by Gasteiger charge is 2.51. The zero-order chi connectivity index (χ0) is 16.1. The molecule has 22 heavy (non-hydrogen) atoms. The topological polar surface area (TPSA) is 83.9 Å². The number of aliphatic hydroxyl groups excluding tert-OH is 1. The molecule has 1 N–H and O–H groups in total. The highest BCUT2D eigenvalue weighted by molar-refractivity contribution is 7.89. The van der Waals surface area contributed by atoms with Crippen LogP contribution in [0.5, 0.6) is 0 Å². The molecule has 1 atom stereocenters. The minimum absolute atomic E-state index is 0.0325. The van der Waals surface area contributed by atoms with Crippen molar-refractivity contribution >= 4 is 27.4 Å². The summed E-state index contributed by atoms with van der Waals surface area (Å²) in [7, 11) is -3.56. The summed E-state index contributed by atoms with van der Waals surface area (Å²) in [5.41, 5.74) is -1.05. The van der Waals surface area contributed by atoms with Crippen molar-refractivity contribution in [2.45, 2.75) is 18.9 Å². The van der Waals surface area contributed by atoms with Crippen molar-refractivity contribution in [1.82, 2.24) is 4.31 Å². The molecule has 6 nitrogen and oxygen atoms in total. The number of carbonyl (C=O) groups excluding carboxylic acids is 1. The van der Waals surface area contributed by atoms with Crippen LogP contribution in [0.4, 0.5) is 0 Å². The van der Waals surface area contributed by atoms with Crippen LogP contribution in [-0.4, -0.2) is 35.9 Å². The fraction of sp³-hybridized carbons (Fsp3) is 0.357. The van der Waals surface area contributed by atoms with Gasteiger partial charge in [-0.05, 0) is 25.5 Å². The number of ether oxygens (including phenoxy) is 1. The van der Waals surface area contributed by atoms with Gasteiger partial charge in [-0.2, -0.15) is 0 Å². The van der Waals surface area contributed by atoms with Crippen LogP contribution in [0.2, 0.25) is 5.02 Å². The van der Waals surface area contributed by atoms with E-state index in [1.54, 1.807) is 24.3 Å². The number of nitrogens with zero attached hydrogens (tertiary/aromatic N) is 1. The Morgan fingerprint density at radius 3 is 2.73 bits per heavy atom. The summed E-state index contributed by atoms with van der Waals surface area (Å²) in [6.45, 7) is 1.66. The number of carbonyl (C=O) groups is 1. The number of aliphatic hydroxyl groups is 1. The summed E-state index contributed by atoms with van der Waals surface area (Å²) in [6.07, 6.45) is 0.421. The number of hydrogen-bond acceptors (Lipinski definition) is 5. The lowest BCUT2D eigenvalue weighted by Gasteiger charge is -2.26. The largest absolute Gasteiger partial charge is 0.501 e. The van der Waals surface area contributed by atoms with Crippen LogP contribution in [0.15, 0.2) is 35.9 Å². The number of sulfonamides is 1. The number of hydrogen-bond donors (Lipinski definition) is 1. The Hall–Kier alpha value is -1.73. The van der Waals surface area contributed by atoms with E-state index in [4.69, 9.17) is 16.3 Å². The Bertz CT molecular complexity index is 788. The molecule has 1 fully saturated rings. The smallest absolute Gasteiger partial charge is 0.252 e. The second-order valence-corrected chi connectivity index (χ2v) is 7.82. The van der Waals surface area contributed by atoms with E-state index in [9.17, 15) is 18.3 Å². The average Bonchev–Trinajstić information content (AvgIpc) is 2.92. The van der Waals surface area contributed by atoms with E-state index in [-0.39, 0.29) is 18.2 Å². The van der Waals surface area contributed by atoms with Crippen molar-refractivity contribution in [2.75, 3.05) is 12.3 Å². The first-order valence-electron chi connectivity index (χ1n) is 6.69. The van der Waals surface area contributed by atoms with Gasteiger partial charge < -0.3 is 9.84 Å². The molecule has 1 saturated heterocycles. The summed E-state index contributed by atoms with van der Waals surface area (Å²) < 4.78 is 30.5. The highest BCUT2D eigenvalue weighted by atomic mass is 35.5. The summed E-state index contributed by atoms with van der Waals surface area (Å²) in [5, 5.41) is 10.5. The molecule has 0 saturated carbocycles. The minimum atomic E-state index is -3.56. The molecule has 118 valence electrons. The molecule has 2 aliphatic rings. The van der Waals surface area contributed by atoms with E-state index in [0.717, 1.165) is 4.31 Å². The number of rotatable bonds is 2. The number of halogens is 1. The van der Waals surface area contributed by atoms with Crippen LogP contribution in [-0.2, 0) is 25.2 Å². The van der Waals surface area contributed by atoms with Gasteiger partial charge in [0.1, 0.15) is 0 Å². The highest BCUT2D eigenvalue weighted by Crippen LogP contribution is 2.41. The zero-order valence-electron chi connectivity index (χ0n) is 11.7. The first-order valence-corrected chi connectivity index (χ1v) is 8.68. The molecular formula is C14H14ClNO5S. The third kappa shape index (κ3) is 2.16. The van der Waals surface area contributed by atoms with Gasteiger partial charge >= 0.3 is 0 Å². The van der Waals surface area contributed by atoms with Gasteiger partial charge in [0.05, 0.1) is 5.75 Å². The molecule has 2 aliphatic heterocycles. The van der Waals surface area contributed by atoms with Crippen LogP contribution in [0.1, 0.15) is 18.9 Å². The van der Waals surface area contributed by atoms with Gasteiger partial charge in [-0.25, -0.2) is 12.7 Å². The van der Waals surface area contributed by atoms with Crippen LogP contribution < -0.4 is 0 Å². The van der Waals surface area contributed by atoms with E-state index in [1.807, 2.05) is 0 Å². The molecule has 0 bridgehead atoms. The maximum absolute atomic E-state index is 12.4. The van der Waals surface area contributed by atoms with Crippen molar-refractivity contribution in [2.24, 2.45) is 0 Å². The van der Waals surface area contributed by atoms with Crippen molar-refractivity contribution in [1.29, 1.82) is 0 Å². The molecule has 0 amide bonds. The predicted molar refractivity (Wildman–Crippen MR) is 79.7 cm³/mol. The molecule has 8 heteroatoms. The molecule has 0 spiro atoms. The molecule has 0 aliphatic carbocycles. The normalized spacial score (nSPS) is 27.4. The maximum atomic E-state index is 12.4. The van der Waals surface area contributed by atoms with Gasteiger partial charge in [0.15, 0.2) is 5.60 Å². The molecular weight excluding hydrogens is 330 g/mol. The molecule has 1 unspecified atom stereocenters. The molecule has 3 rings (SSSR count). The second-order valence-electron chi connectivity index (χ2n) is 5.37. The first-order chi connectivity index (χ1) is 10.3. The Balaban J connectivity index is 2.02. The lowest BCUT2D eigenvalue weighted by Crippen LogP contribution is -2.32. The van der Waals surface area contributed by atoms with Crippen molar-refractivity contribution in [3.63, 3.8) is 0 Å². The van der Waals surface area contributed by atoms with E-state index in [2.05, 4.69) is 0 Å². The molecule has 1 aromatic rings. The lowest BCUT2D eigenvalue weighted by molar-refractivity contribution is -0.132. The monoisotopic (exact) mass is 343 g/mol. The van der Waals surface area contributed by atoms with Crippen LogP contribution >= 0.6 is 11.6 Å². The molecule has 0 aromatic heterocycles. The van der Waals surface area contributed by atoms with Gasteiger partial charge in [-0.1, -0.05) is 23.7 Å².